The Morgan fingerprint density at radius 1 is 1.11 bits per heavy atom. The predicted octanol–water partition coefficient (Wildman–Crippen LogP) is 1.03. The van der Waals surface area contributed by atoms with Crippen molar-refractivity contribution in [3.63, 3.8) is 0 Å². The summed E-state index contributed by atoms with van der Waals surface area (Å²) in [5.74, 6) is 0. The summed E-state index contributed by atoms with van der Waals surface area (Å²) in [5.41, 5.74) is 0.438. The molecule has 19 heavy (non-hydrogen) atoms. The summed E-state index contributed by atoms with van der Waals surface area (Å²) < 4.78 is 5.55. The van der Waals surface area contributed by atoms with Crippen LogP contribution in [0.2, 0.25) is 0 Å². The Hall–Kier alpha value is -0.160. The fourth-order valence-electron chi connectivity index (χ4n) is 3.48. The standard InChI is InChI=1S/C15H31N3O/c1-14(2)18-8-6-17(7-9-18)13-15(12-16-3)4-10-19-11-5-15/h14,16H,4-13H2,1-3H3. The second-order valence-corrected chi connectivity index (χ2v) is 6.55. The zero-order valence-corrected chi connectivity index (χ0v) is 13.0. The van der Waals surface area contributed by atoms with Crippen molar-refractivity contribution < 1.29 is 4.74 Å². The summed E-state index contributed by atoms with van der Waals surface area (Å²) in [6.07, 6.45) is 2.41. The summed E-state index contributed by atoms with van der Waals surface area (Å²) in [6.45, 7) is 13.8. The van der Waals surface area contributed by atoms with Crippen LogP contribution in [0.1, 0.15) is 26.7 Å². The number of piperazine rings is 1. The number of hydrogen-bond donors (Lipinski definition) is 1. The van der Waals surface area contributed by atoms with Crippen molar-refractivity contribution in [3.8, 4) is 0 Å². The molecule has 0 bridgehead atoms. The van der Waals surface area contributed by atoms with E-state index in [-0.39, 0.29) is 0 Å². The lowest BCUT2D eigenvalue weighted by Gasteiger charge is -2.44. The van der Waals surface area contributed by atoms with Gasteiger partial charge >= 0.3 is 0 Å². The maximum atomic E-state index is 5.55. The highest BCUT2D eigenvalue weighted by Gasteiger charge is 2.34. The molecule has 0 unspecified atom stereocenters. The molecule has 112 valence electrons. The molecule has 0 amide bonds. The molecule has 2 saturated heterocycles. The van der Waals surface area contributed by atoms with Crippen molar-refractivity contribution in [1.29, 1.82) is 0 Å². The zero-order chi connectivity index (χ0) is 13.7. The van der Waals surface area contributed by atoms with Gasteiger partial charge < -0.3 is 15.0 Å². The fourth-order valence-corrected chi connectivity index (χ4v) is 3.48. The van der Waals surface area contributed by atoms with Crippen LogP contribution in [-0.4, -0.2) is 75.4 Å². The van der Waals surface area contributed by atoms with Gasteiger partial charge in [0.25, 0.3) is 0 Å². The molecule has 2 rings (SSSR count). The van der Waals surface area contributed by atoms with Gasteiger partial charge in [-0.1, -0.05) is 0 Å². The summed E-state index contributed by atoms with van der Waals surface area (Å²) >= 11 is 0. The SMILES string of the molecule is CNCC1(CN2CCN(C(C)C)CC2)CCOCC1. The van der Waals surface area contributed by atoms with Gasteiger partial charge in [-0.25, -0.2) is 0 Å². The van der Waals surface area contributed by atoms with Crippen molar-refractivity contribution in [3.05, 3.63) is 0 Å². The average Bonchev–Trinajstić information content (AvgIpc) is 2.40. The van der Waals surface area contributed by atoms with Crippen LogP contribution in [0.5, 0.6) is 0 Å². The third-order valence-electron chi connectivity index (χ3n) is 4.80. The lowest BCUT2D eigenvalue weighted by Crippen LogP contribution is -2.54. The maximum absolute atomic E-state index is 5.55. The first-order valence-electron chi connectivity index (χ1n) is 7.84. The van der Waals surface area contributed by atoms with E-state index in [1.165, 1.54) is 45.6 Å². The highest BCUT2D eigenvalue weighted by Crippen LogP contribution is 2.31. The minimum absolute atomic E-state index is 0.438. The van der Waals surface area contributed by atoms with Crippen LogP contribution in [0.15, 0.2) is 0 Å². The monoisotopic (exact) mass is 269 g/mol. The minimum Gasteiger partial charge on any atom is -0.381 e. The highest BCUT2D eigenvalue weighted by atomic mass is 16.5. The molecule has 0 aromatic rings. The first kappa shape index (κ1) is 15.2. The summed E-state index contributed by atoms with van der Waals surface area (Å²) in [6, 6.07) is 0.691. The molecular formula is C15H31N3O. The van der Waals surface area contributed by atoms with E-state index in [2.05, 4.69) is 36.0 Å². The Balaban J connectivity index is 1.85. The van der Waals surface area contributed by atoms with Gasteiger partial charge in [0.05, 0.1) is 0 Å². The quantitative estimate of drug-likeness (QED) is 0.807. The molecule has 0 aliphatic carbocycles. The Morgan fingerprint density at radius 3 is 2.26 bits per heavy atom. The second kappa shape index (κ2) is 7.02. The average molecular weight is 269 g/mol. The number of ether oxygens (including phenoxy) is 1. The number of hydrogen-bond acceptors (Lipinski definition) is 4. The topological polar surface area (TPSA) is 27.7 Å². The molecule has 1 N–H and O–H groups in total. The van der Waals surface area contributed by atoms with Gasteiger partial charge in [0.1, 0.15) is 0 Å². The number of rotatable bonds is 5. The van der Waals surface area contributed by atoms with Gasteiger partial charge in [0.15, 0.2) is 0 Å². The third kappa shape index (κ3) is 4.15. The van der Waals surface area contributed by atoms with Crippen molar-refractivity contribution >= 4 is 0 Å². The molecule has 2 aliphatic rings. The van der Waals surface area contributed by atoms with Crippen LogP contribution in [-0.2, 0) is 4.74 Å². The van der Waals surface area contributed by atoms with E-state index in [4.69, 9.17) is 4.74 Å². The Kier molecular flexibility index (Phi) is 5.63. The number of nitrogens with one attached hydrogen (secondary N) is 1. The van der Waals surface area contributed by atoms with E-state index < -0.39 is 0 Å². The van der Waals surface area contributed by atoms with Gasteiger partial charge in [-0.05, 0) is 39.2 Å². The van der Waals surface area contributed by atoms with Crippen LogP contribution >= 0.6 is 0 Å². The lowest BCUT2D eigenvalue weighted by molar-refractivity contribution is -0.0134. The zero-order valence-electron chi connectivity index (χ0n) is 13.0. The fraction of sp³-hybridized carbons (Fsp3) is 1.00. The van der Waals surface area contributed by atoms with Crippen molar-refractivity contribution in [2.45, 2.75) is 32.7 Å². The Bertz CT molecular complexity index is 251. The van der Waals surface area contributed by atoms with Crippen LogP contribution in [0, 0.1) is 5.41 Å². The van der Waals surface area contributed by atoms with Crippen LogP contribution in [0.4, 0.5) is 0 Å². The van der Waals surface area contributed by atoms with E-state index in [9.17, 15) is 0 Å². The van der Waals surface area contributed by atoms with E-state index >= 15 is 0 Å². The molecule has 0 saturated carbocycles. The molecular weight excluding hydrogens is 238 g/mol. The molecule has 0 spiro atoms. The molecule has 4 nitrogen and oxygen atoms in total. The third-order valence-corrected chi connectivity index (χ3v) is 4.80. The van der Waals surface area contributed by atoms with E-state index in [1.54, 1.807) is 0 Å². The second-order valence-electron chi connectivity index (χ2n) is 6.55. The molecule has 2 heterocycles. The van der Waals surface area contributed by atoms with Crippen LogP contribution in [0.3, 0.4) is 0 Å². The normalized spacial score (nSPS) is 25.9. The smallest absolute Gasteiger partial charge is 0.0472 e. The molecule has 0 aromatic heterocycles. The molecule has 2 aliphatic heterocycles. The molecule has 4 heteroatoms. The molecule has 0 aromatic carbocycles. The van der Waals surface area contributed by atoms with Crippen molar-refractivity contribution in [2.75, 3.05) is 59.5 Å². The largest absolute Gasteiger partial charge is 0.381 e. The van der Waals surface area contributed by atoms with Gasteiger partial charge in [-0.2, -0.15) is 0 Å². The van der Waals surface area contributed by atoms with E-state index in [0.717, 1.165) is 19.8 Å². The van der Waals surface area contributed by atoms with Gasteiger partial charge in [-0.3, -0.25) is 4.90 Å². The highest BCUT2D eigenvalue weighted by molar-refractivity contribution is 4.88. The lowest BCUT2D eigenvalue weighted by atomic mass is 9.79. The first-order chi connectivity index (χ1) is 9.15. The van der Waals surface area contributed by atoms with Gasteiger partial charge in [0.2, 0.25) is 0 Å². The van der Waals surface area contributed by atoms with Crippen molar-refractivity contribution in [1.82, 2.24) is 15.1 Å². The Morgan fingerprint density at radius 2 is 1.74 bits per heavy atom. The predicted molar refractivity (Wildman–Crippen MR) is 79.6 cm³/mol. The van der Waals surface area contributed by atoms with Crippen LogP contribution in [0.25, 0.3) is 0 Å². The number of nitrogens with zero attached hydrogens (tertiary/aromatic N) is 2. The van der Waals surface area contributed by atoms with E-state index in [1.807, 2.05) is 0 Å². The Labute approximate surface area is 118 Å². The minimum atomic E-state index is 0.438. The summed E-state index contributed by atoms with van der Waals surface area (Å²) in [7, 11) is 2.08. The van der Waals surface area contributed by atoms with Gasteiger partial charge in [0, 0.05) is 58.5 Å². The van der Waals surface area contributed by atoms with E-state index in [0.29, 0.717) is 11.5 Å². The van der Waals surface area contributed by atoms with Gasteiger partial charge in [-0.15, -0.1) is 0 Å². The van der Waals surface area contributed by atoms with Crippen LogP contribution < -0.4 is 5.32 Å². The molecule has 2 fully saturated rings. The maximum Gasteiger partial charge on any atom is 0.0472 e. The first-order valence-corrected chi connectivity index (χ1v) is 7.84. The molecule has 0 radical (unpaired) electrons. The summed E-state index contributed by atoms with van der Waals surface area (Å²) in [4.78, 5) is 5.26. The molecule has 0 atom stereocenters. The summed E-state index contributed by atoms with van der Waals surface area (Å²) in [5, 5.41) is 3.40. The van der Waals surface area contributed by atoms with Crippen molar-refractivity contribution in [2.24, 2.45) is 5.41 Å².